The molecule has 0 bridgehead atoms. The van der Waals surface area contributed by atoms with Crippen molar-refractivity contribution < 1.29 is 17.6 Å². The highest BCUT2D eigenvalue weighted by Crippen LogP contribution is 2.46. The van der Waals surface area contributed by atoms with Crippen molar-refractivity contribution in [2.24, 2.45) is 0 Å². The summed E-state index contributed by atoms with van der Waals surface area (Å²) in [6.45, 7) is 13.8. The number of aromatic nitrogens is 2. The van der Waals surface area contributed by atoms with Gasteiger partial charge in [-0.2, -0.15) is 18.3 Å². The van der Waals surface area contributed by atoms with E-state index in [9.17, 15) is 17.6 Å². The van der Waals surface area contributed by atoms with Gasteiger partial charge in [-0.05, 0) is 77.4 Å². The first kappa shape index (κ1) is 32.4. The van der Waals surface area contributed by atoms with Crippen LogP contribution in [0.1, 0.15) is 86.2 Å². The summed E-state index contributed by atoms with van der Waals surface area (Å²) in [5.74, 6) is 0.0620. The molecule has 1 saturated carbocycles. The Morgan fingerprint density at radius 2 is 1.88 bits per heavy atom. The summed E-state index contributed by atoms with van der Waals surface area (Å²) in [4.78, 5) is 4.36. The summed E-state index contributed by atoms with van der Waals surface area (Å²) >= 11 is 0. The van der Waals surface area contributed by atoms with Gasteiger partial charge in [0.15, 0.2) is 0 Å². The number of benzene rings is 1. The third kappa shape index (κ3) is 8.24. The number of hydrogen-bond acceptors (Lipinski definition) is 4. The summed E-state index contributed by atoms with van der Waals surface area (Å²) in [6, 6.07) is 6.34. The first-order chi connectivity index (χ1) is 19.4. The number of rotatable bonds is 11. The molecule has 0 amide bonds. The van der Waals surface area contributed by atoms with Gasteiger partial charge in [-0.25, -0.2) is 4.39 Å². The van der Waals surface area contributed by atoms with E-state index in [0.29, 0.717) is 42.7 Å². The maximum atomic E-state index is 13.6. The van der Waals surface area contributed by atoms with Gasteiger partial charge in [0.05, 0.1) is 23.5 Å². The molecule has 1 N–H and O–H groups in total. The van der Waals surface area contributed by atoms with E-state index in [0.717, 1.165) is 43.5 Å². The van der Waals surface area contributed by atoms with E-state index in [1.807, 2.05) is 6.20 Å². The molecule has 1 aromatic carbocycles. The minimum Gasteiger partial charge on any atom is -0.389 e. The number of likely N-dealkylation sites (tertiary alicyclic amines) is 1. The molecule has 0 spiro atoms. The van der Waals surface area contributed by atoms with Crippen LogP contribution in [0.25, 0.3) is 5.70 Å². The van der Waals surface area contributed by atoms with Crippen LogP contribution in [-0.2, 0) is 6.18 Å². The van der Waals surface area contributed by atoms with Crippen molar-refractivity contribution in [1.29, 1.82) is 0 Å². The van der Waals surface area contributed by atoms with Crippen LogP contribution in [0.3, 0.4) is 0 Å². The van der Waals surface area contributed by atoms with Crippen molar-refractivity contribution in [3.05, 3.63) is 83.6 Å². The van der Waals surface area contributed by atoms with Crippen molar-refractivity contribution in [1.82, 2.24) is 24.9 Å². The van der Waals surface area contributed by atoms with Crippen LogP contribution in [-0.4, -0.2) is 60.4 Å². The van der Waals surface area contributed by atoms with Crippen molar-refractivity contribution in [3.8, 4) is 0 Å². The van der Waals surface area contributed by atoms with Crippen LogP contribution in [0.4, 0.5) is 17.6 Å². The Hall–Kier alpha value is -3.07. The third-order valence-corrected chi connectivity index (χ3v) is 8.02. The second kappa shape index (κ2) is 14.2. The Labute approximate surface area is 242 Å². The zero-order valence-electron chi connectivity index (χ0n) is 25.1. The highest BCUT2D eigenvalue weighted by atomic mass is 19.4. The molecule has 9 heteroatoms. The fourth-order valence-electron chi connectivity index (χ4n) is 5.37. The molecule has 1 saturated heterocycles. The summed E-state index contributed by atoms with van der Waals surface area (Å²) in [5.41, 5.74) is 3.64. The van der Waals surface area contributed by atoms with Gasteiger partial charge in [-0.15, -0.1) is 0 Å². The van der Waals surface area contributed by atoms with Crippen LogP contribution in [0.2, 0.25) is 0 Å². The molecule has 4 rings (SSSR count). The van der Waals surface area contributed by atoms with E-state index in [1.54, 1.807) is 26.1 Å². The van der Waals surface area contributed by atoms with Gasteiger partial charge in [0.1, 0.15) is 5.83 Å². The van der Waals surface area contributed by atoms with Crippen molar-refractivity contribution in [3.63, 3.8) is 0 Å². The lowest BCUT2D eigenvalue weighted by atomic mass is 9.93. The van der Waals surface area contributed by atoms with Gasteiger partial charge in [-0.1, -0.05) is 38.3 Å². The van der Waals surface area contributed by atoms with Gasteiger partial charge >= 0.3 is 6.18 Å². The largest absolute Gasteiger partial charge is 0.416 e. The molecule has 0 radical (unpaired) electrons. The molecule has 2 aliphatic rings. The van der Waals surface area contributed by atoms with Gasteiger partial charge in [0, 0.05) is 48.9 Å². The molecule has 2 atom stereocenters. The molecule has 2 fully saturated rings. The Bertz CT molecular complexity index is 1210. The summed E-state index contributed by atoms with van der Waals surface area (Å²) in [6.07, 6.45) is 3.85. The van der Waals surface area contributed by atoms with Crippen molar-refractivity contribution >= 4 is 5.70 Å². The van der Waals surface area contributed by atoms with Crippen LogP contribution in [0.5, 0.6) is 0 Å². The topological polar surface area (TPSA) is 36.3 Å². The highest BCUT2D eigenvalue weighted by Gasteiger charge is 2.38. The first-order valence-corrected chi connectivity index (χ1v) is 14.4. The molecule has 226 valence electrons. The van der Waals surface area contributed by atoms with E-state index in [1.165, 1.54) is 23.9 Å². The Kier molecular flexibility index (Phi) is 11.2. The van der Waals surface area contributed by atoms with Crippen LogP contribution in [0.15, 0.2) is 61.2 Å². The second-order valence-electron chi connectivity index (χ2n) is 11.2. The molecule has 1 unspecified atom stereocenters. The quantitative estimate of drug-likeness (QED) is 0.220. The summed E-state index contributed by atoms with van der Waals surface area (Å²) in [7, 11) is 5.84. The monoisotopic (exact) mass is 575 g/mol. The molecular formula is C32H45F4N5. The minimum atomic E-state index is -4.33. The maximum absolute atomic E-state index is 13.6. The predicted molar refractivity (Wildman–Crippen MR) is 159 cm³/mol. The number of halogens is 4. The van der Waals surface area contributed by atoms with Crippen molar-refractivity contribution in [2.75, 3.05) is 40.8 Å². The SMILES string of the molecule is C=C(c1cnn(C(CC)CCN(C)C)c1C1CC1)N1CC[C@@H](c2ccccc2C(F)(F)F)C1.C=C/C(F)=C(\C)NC. The zero-order valence-corrected chi connectivity index (χ0v) is 25.1. The Balaban J connectivity index is 0.000000507. The average Bonchev–Trinajstić information content (AvgIpc) is 3.50. The molecule has 41 heavy (non-hydrogen) atoms. The van der Waals surface area contributed by atoms with E-state index in [4.69, 9.17) is 5.10 Å². The van der Waals surface area contributed by atoms with Crippen LogP contribution in [0, 0.1) is 0 Å². The van der Waals surface area contributed by atoms with Gasteiger partial charge < -0.3 is 15.1 Å². The Morgan fingerprint density at radius 1 is 1.20 bits per heavy atom. The maximum Gasteiger partial charge on any atom is 0.416 e. The molecule has 2 heterocycles. The molecule has 1 aliphatic heterocycles. The lowest BCUT2D eigenvalue weighted by Crippen LogP contribution is -2.22. The molecule has 5 nitrogen and oxygen atoms in total. The van der Waals surface area contributed by atoms with Crippen molar-refractivity contribution in [2.45, 2.75) is 70.0 Å². The molecule has 1 aromatic heterocycles. The van der Waals surface area contributed by atoms with E-state index < -0.39 is 11.7 Å². The summed E-state index contributed by atoms with van der Waals surface area (Å²) < 4.78 is 55.1. The van der Waals surface area contributed by atoms with E-state index in [2.05, 4.69) is 54.0 Å². The predicted octanol–water partition coefficient (Wildman–Crippen LogP) is 7.74. The number of allylic oxidation sites excluding steroid dienone is 3. The van der Waals surface area contributed by atoms with Gasteiger partial charge in [0.25, 0.3) is 0 Å². The lowest BCUT2D eigenvalue weighted by molar-refractivity contribution is -0.138. The fraction of sp³-hybridized carbons (Fsp3) is 0.531. The fourth-order valence-corrected chi connectivity index (χ4v) is 5.37. The number of nitrogens with one attached hydrogen (secondary N) is 1. The second-order valence-corrected chi connectivity index (χ2v) is 11.2. The summed E-state index contributed by atoms with van der Waals surface area (Å²) in [5, 5.41) is 7.45. The Morgan fingerprint density at radius 3 is 2.41 bits per heavy atom. The van der Waals surface area contributed by atoms with E-state index >= 15 is 0 Å². The molecule has 1 aliphatic carbocycles. The van der Waals surface area contributed by atoms with E-state index in [-0.39, 0.29) is 11.7 Å². The third-order valence-electron chi connectivity index (χ3n) is 8.02. The standard InChI is InChI=1S/C26H35F3N4.C6H10FN/c1-5-21(13-14-31(3)4)33-25(19-10-11-19)23(16-30-33)18(2)32-15-12-20(17-32)22-8-6-7-9-24(22)26(27,28)29;1-4-6(7)5(2)8-3/h6-9,16,19-21H,2,5,10-15,17H2,1,3-4H3;4,8H,1H2,2-3H3/b;6-5-/t20-,21?;/m1./s1. The first-order valence-electron chi connectivity index (χ1n) is 14.4. The average molecular weight is 576 g/mol. The molecule has 2 aromatic rings. The highest BCUT2D eigenvalue weighted by molar-refractivity contribution is 5.65. The van der Waals surface area contributed by atoms with Crippen LogP contribution < -0.4 is 5.32 Å². The van der Waals surface area contributed by atoms with Gasteiger partial charge in [0.2, 0.25) is 0 Å². The molecular weight excluding hydrogens is 530 g/mol. The number of nitrogens with zero attached hydrogens (tertiary/aromatic N) is 4. The lowest BCUT2D eigenvalue weighted by Gasteiger charge is -2.24. The van der Waals surface area contributed by atoms with Gasteiger partial charge in [-0.3, -0.25) is 4.68 Å². The number of hydrogen-bond donors (Lipinski definition) is 1. The normalized spacial score (nSPS) is 18.5. The minimum absolute atomic E-state index is 0.150. The van der Waals surface area contributed by atoms with Crippen LogP contribution >= 0.6 is 0 Å². The zero-order chi connectivity index (χ0) is 30.3. The smallest absolute Gasteiger partial charge is 0.389 e. The number of alkyl halides is 3.